The number of nitrogens with zero attached hydrogens (tertiary/aromatic N) is 1. The average Bonchev–Trinajstić information content (AvgIpc) is 2.53. The first-order chi connectivity index (χ1) is 10.6. The number of nitriles is 1. The summed E-state index contributed by atoms with van der Waals surface area (Å²) in [5.74, 6) is -0.128. The van der Waals surface area contributed by atoms with Crippen LogP contribution in [0.25, 0.3) is 0 Å². The van der Waals surface area contributed by atoms with Crippen LogP contribution in [0.4, 0.5) is 0 Å². The lowest BCUT2D eigenvalue weighted by molar-refractivity contribution is -0.872. The van der Waals surface area contributed by atoms with E-state index in [1.54, 1.807) is 24.3 Å². The zero-order chi connectivity index (χ0) is 15.9. The van der Waals surface area contributed by atoms with E-state index in [-0.39, 0.29) is 5.91 Å². The van der Waals surface area contributed by atoms with Crippen LogP contribution < -0.4 is 10.2 Å². The van der Waals surface area contributed by atoms with E-state index in [0.717, 1.165) is 12.1 Å². The molecule has 0 saturated heterocycles. The highest BCUT2D eigenvalue weighted by molar-refractivity contribution is 5.94. The van der Waals surface area contributed by atoms with Gasteiger partial charge in [0.25, 0.3) is 5.91 Å². The lowest BCUT2D eigenvalue weighted by Gasteiger charge is -2.13. The first kappa shape index (κ1) is 15.7. The number of benzene rings is 2. The Morgan fingerprint density at radius 1 is 1.09 bits per heavy atom. The fourth-order valence-corrected chi connectivity index (χ4v) is 2.26. The van der Waals surface area contributed by atoms with Crippen LogP contribution in [0.3, 0.4) is 0 Å². The fourth-order valence-electron chi connectivity index (χ4n) is 2.26. The first-order valence-electron chi connectivity index (χ1n) is 7.24. The largest absolute Gasteiger partial charge is 0.348 e. The second-order valence-corrected chi connectivity index (χ2v) is 5.52. The molecular weight excluding hydrogens is 274 g/mol. The summed E-state index contributed by atoms with van der Waals surface area (Å²) in [4.78, 5) is 13.5. The maximum absolute atomic E-state index is 12.2. The molecule has 1 amide bonds. The molecule has 2 aromatic rings. The molecule has 2 aromatic carbocycles. The van der Waals surface area contributed by atoms with Crippen LogP contribution in [0.5, 0.6) is 0 Å². The van der Waals surface area contributed by atoms with Gasteiger partial charge in [0.05, 0.1) is 25.7 Å². The summed E-state index contributed by atoms with van der Waals surface area (Å²) in [5, 5.41) is 11.7. The topological polar surface area (TPSA) is 57.3 Å². The van der Waals surface area contributed by atoms with Crippen molar-refractivity contribution in [3.63, 3.8) is 0 Å². The summed E-state index contributed by atoms with van der Waals surface area (Å²) in [6.45, 7) is 1.42. The van der Waals surface area contributed by atoms with Gasteiger partial charge in [0.2, 0.25) is 0 Å². The Bertz CT molecular complexity index is 684. The van der Waals surface area contributed by atoms with Gasteiger partial charge in [-0.15, -0.1) is 0 Å². The molecule has 0 saturated carbocycles. The molecule has 112 valence electrons. The van der Waals surface area contributed by atoms with Crippen molar-refractivity contribution in [2.24, 2.45) is 0 Å². The zero-order valence-corrected chi connectivity index (χ0v) is 12.9. The number of amides is 1. The standard InChI is InChI=1S/C18H19N3O/c1-21(2)13-17-6-4-3-5-16(17)12-20-18(22)15-9-7-14(11-19)8-10-15/h3-10H,12-13H2,1-2H3,(H,20,22)/p+1. The molecule has 0 aliphatic carbocycles. The molecule has 0 aliphatic rings. The molecular formula is C18H20N3O+. The van der Waals surface area contributed by atoms with Gasteiger partial charge >= 0.3 is 0 Å². The highest BCUT2D eigenvalue weighted by Crippen LogP contribution is 2.08. The van der Waals surface area contributed by atoms with E-state index in [1.165, 1.54) is 10.5 Å². The zero-order valence-electron chi connectivity index (χ0n) is 12.9. The maximum Gasteiger partial charge on any atom is 0.251 e. The van der Waals surface area contributed by atoms with Crippen molar-refractivity contribution in [2.75, 3.05) is 14.1 Å². The van der Waals surface area contributed by atoms with Crippen molar-refractivity contribution in [3.8, 4) is 6.07 Å². The molecule has 4 nitrogen and oxygen atoms in total. The molecule has 0 unspecified atom stereocenters. The molecule has 22 heavy (non-hydrogen) atoms. The van der Waals surface area contributed by atoms with Gasteiger partial charge in [-0.2, -0.15) is 5.26 Å². The second kappa shape index (κ2) is 7.39. The Hall–Kier alpha value is -2.64. The minimum Gasteiger partial charge on any atom is -0.348 e. The Morgan fingerprint density at radius 2 is 1.73 bits per heavy atom. The number of quaternary nitrogens is 1. The van der Waals surface area contributed by atoms with Crippen molar-refractivity contribution >= 4 is 5.91 Å². The van der Waals surface area contributed by atoms with Crippen molar-refractivity contribution in [1.29, 1.82) is 5.26 Å². The number of rotatable bonds is 5. The summed E-state index contributed by atoms with van der Waals surface area (Å²) in [6, 6.07) is 16.8. The number of hydrogen-bond donors (Lipinski definition) is 2. The second-order valence-electron chi connectivity index (χ2n) is 5.52. The van der Waals surface area contributed by atoms with Crippen molar-refractivity contribution in [1.82, 2.24) is 5.32 Å². The number of hydrogen-bond acceptors (Lipinski definition) is 2. The molecule has 0 heterocycles. The summed E-state index contributed by atoms with van der Waals surface area (Å²) < 4.78 is 0. The molecule has 0 radical (unpaired) electrons. The van der Waals surface area contributed by atoms with E-state index in [2.05, 4.69) is 25.5 Å². The molecule has 0 bridgehead atoms. The van der Waals surface area contributed by atoms with Crippen LogP contribution in [0.15, 0.2) is 48.5 Å². The van der Waals surface area contributed by atoms with E-state index >= 15 is 0 Å². The Kier molecular flexibility index (Phi) is 5.29. The van der Waals surface area contributed by atoms with Gasteiger partial charge in [-0.3, -0.25) is 4.79 Å². The summed E-state index contributed by atoms with van der Waals surface area (Å²) in [7, 11) is 4.21. The van der Waals surface area contributed by atoms with Crippen molar-refractivity contribution < 1.29 is 9.69 Å². The minimum absolute atomic E-state index is 0.128. The first-order valence-corrected chi connectivity index (χ1v) is 7.24. The van der Waals surface area contributed by atoms with Crippen LogP contribution in [0.2, 0.25) is 0 Å². The van der Waals surface area contributed by atoms with Crippen molar-refractivity contribution in [3.05, 3.63) is 70.8 Å². The van der Waals surface area contributed by atoms with Gasteiger partial charge in [0, 0.05) is 17.7 Å². The van der Waals surface area contributed by atoms with Crippen LogP contribution in [0, 0.1) is 11.3 Å². The van der Waals surface area contributed by atoms with Gasteiger partial charge in [-0.05, 0) is 29.8 Å². The van der Waals surface area contributed by atoms with Gasteiger partial charge in [0.15, 0.2) is 0 Å². The molecule has 0 fully saturated rings. The van der Waals surface area contributed by atoms with E-state index in [0.29, 0.717) is 17.7 Å². The van der Waals surface area contributed by atoms with Crippen LogP contribution in [0.1, 0.15) is 27.0 Å². The quantitative estimate of drug-likeness (QED) is 0.868. The lowest BCUT2D eigenvalue weighted by Crippen LogP contribution is -3.04. The molecule has 0 aromatic heterocycles. The predicted octanol–water partition coefficient (Wildman–Crippen LogP) is 1.13. The fraction of sp³-hybridized carbons (Fsp3) is 0.222. The van der Waals surface area contributed by atoms with E-state index < -0.39 is 0 Å². The van der Waals surface area contributed by atoms with Crippen LogP contribution in [-0.4, -0.2) is 20.0 Å². The Labute approximate surface area is 131 Å². The number of nitrogens with one attached hydrogen (secondary N) is 2. The summed E-state index contributed by atoms with van der Waals surface area (Å²) in [6.07, 6.45) is 0. The maximum atomic E-state index is 12.2. The van der Waals surface area contributed by atoms with E-state index in [9.17, 15) is 4.79 Å². The van der Waals surface area contributed by atoms with Gasteiger partial charge in [0.1, 0.15) is 6.54 Å². The van der Waals surface area contributed by atoms with Gasteiger partial charge in [-0.1, -0.05) is 24.3 Å². The molecule has 2 rings (SSSR count). The molecule has 4 heteroatoms. The smallest absolute Gasteiger partial charge is 0.251 e. The van der Waals surface area contributed by atoms with Gasteiger partial charge < -0.3 is 10.2 Å². The molecule has 0 spiro atoms. The number of carbonyl (C=O) groups is 1. The third-order valence-corrected chi connectivity index (χ3v) is 3.38. The minimum atomic E-state index is -0.128. The monoisotopic (exact) mass is 294 g/mol. The SMILES string of the molecule is C[NH+](C)Cc1ccccc1CNC(=O)c1ccc(C#N)cc1. The van der Waals surface area contributed by atoms with Crippen LogP contribution >= 0.6 is 0 Å². The van der Waals surface area contributed by atoms with Crippen molar-refractivity contribution in [2.45, 2.75) is 13.1 Å². The summed E-state index contributed by atoms with van der Waals surface area (Å²) >= 11 is 0. The number of carbonyl (C=O) groups excluding carboxylic acids is 1. The normalized spacial score (nSPS) is 10.3. The highest BCUT2D eigenvalue weighted by atomic mass is 16.1. The summed E-state index contributed by atoms with van der Waals surface area (Å²) in [5.41, 5.74) is 3.49. The molecule has 0 atom stereocenters. The third-order valence-electron chi connectivity index (χ3n) is 3.38. The highest BCUT2D eigenvalue weighted by Gasteiger charge is 2.08. The molecule has 0 aliphatic heterocycles. The Balaban J connectivity index is 2.03. The average molecular weight is 294 g/mol. The van der Waals surface area contributed by atoms with E-state index in [4.69, 9.17) is 5.26 Å². The lowest BCUT2D eigenvalue weighted by atomic mass is 10.1. The van der Waals surface area contributed by atoms with E-state index in [1.807, 2.05) is 24.3 Å². The predicted molar refractivity (Wildman–Crippen MR) is 85.3 cm³/mol. The Morgan fingerprint density at radius 3 is 2.32 bits per heavy atom. The third kappa shape index (κ3) is 4.18. The van der Waals surface area contributed by atoms with Gasteiger partial charge in [-0.25, -0.2) is 0 Å². The van der Waals surface area contributed by atoms with Crippen LogP contribution in [-0.2, 0) is 13.1 Å². The molecule has 2 N–H and O–H groups in total.